The molecule has 7 heteroatoms. The van der Waals surface area contributed by atoms with Crippen molar-refractivity contribution in [3.05, 3.63) is 46.8 Å². The second-order valence-electron chi connectivity index (χ2n) is 7.11. The Kier molecular flexibility index (Phi) is 5.78. The zero-order chi connectivity index (χ0) is 19.4. The summed E-state index contributed by atoms with van der Waals surface area (Å²) in [6.07, 6.45) is 1.77. The fourth-order valence-corrected chi connectivity index (χ4v) is 3.34. The average Bonchev–Trinajstić information content (AvgIpc) is 2.82. The molecule has 27 heavy (non-hydrogen) atoms. The summed E-state index contributed by atoms with van der Waals surface area (Å²) in [5.74, 6) is 0.843. The Bertz CT molecular complexity index is 811. The molecule has 2 aromatic rings. The minimum Gasteiger partial charge on any atom is -0.361 e. The molecule has 2 N–H and O–H groups in total. The Morgan fingerprint density at radius 2 is 2.11 bits per heavy atom. The summed E-state index contributed by atoms with van der Waals surface area (Å²) in [4.78, 5) is 26.6. The van der Waals surface area contributed by atoms with Crippen LogP contribution in [0.4, 0.5) is 10.5 Å². The smallest absolute Gasteiger partial charge is 0.319 e. The number of amides is 3. The standard InChI is InChI=1S/C20H26N4O3/c1-13-5-4-6-17(11-13)22-20(26)21-16-7-8-19(25)24(10-9-16)12-18-14(2)23-27-15(18)3/h4-6,11,16H,7-10,12H2,1-3H3,(H2,21,22,26). The van der Waals surface area contributed by atoms with Crippen LogP contribution in [0.5, 0.6) is 0 Å². The van der Waals surface area contributed by atoms with Crippen molar-refractivity contribution >= 4 is 17.6 Å². The van der Waals surface area contributed by atoms with E-state index < -0.39 is 0 Å². The number of nitrogens with zero attached hydrogens (tertiary/aromatic N) is 2. The molecule has 0 aliphatic carbocycles. The van der Waals surface area contributed by atoms with Crippen molar-refractivity contribution in [3.8, 4) is 0 Å². The van der Waals surface area contributed by atoms with Gasteiger partial charge in [-0.1, -0.05) is 17.3 Å². The lowest BCUT2D eigenvalue weighted by Crippen LogP contribution is -2.38. The first kappa shape index (κ1) is 18.9. The van der Waals surface area contributed by atoms with Crippen LogP contribution < -0.4 is 10.6 Å². The van der Waals surface area contributed by atoms with Crippen molar-refractivity contribution in [1.29, 1.82) is 0 Å². The Hall–Kier alpha value is -2.83. The molecule has 144 valence electrons. The van der Waals surface area contributed by atoms with Crippen molar-refractivity contribution in [3.63, 3.8) is 0 Å². The van der Waals surface area contributed by atoms with Gasteiger partial charge in [0.05, 0.1) is 12.2 Å². The molecule has 7 nitrogen and oxygen atoms in total. The highest BCUT2D eigenvalue weighted by Gasteiger charge is 2.25. The Labute approximate surface area is 159 Å². The molecule has 1 fully saturated rings. The summed E-state index contributed by atoms with van der Waals surface area (Å²) in [7, 11) is 0. The summed E-state index contributed by atoms with van der Waals surface area (Å²) in [5.41, 5.74) is 3.63. The number of rotatable bonds is 4. The lowest BCUT2D eigenvalue weighted by molar-refractivity contribution is -0.131. The van der Waals surface area contributed by atoms with Gasteiger partial charge in [-0.15, -0.1) is 0 Å². The number of hydrogen-bond donors (Lipinski definition) is 2. The molecule has 3 rings (SSSR count). The van der Waals surface area contributed by atoms with Gasteiger partial charge < -0.3 is 20.1 Å². The fraction of sp³-hybridized carbons (Fsp3) is 0.450. The van der Waals surface area contributed by atoms with E-state index in [0.29, 0.717) is 25.9 Å². The summed E-state index contributed by atoms with van der Waals surface area (Å²) in [5, 5.41) is 9.80. The number of aromatic nitrogens is 1. The Balaban J connectivity index is 1.55. The van der Waals surface area contributed by atoms with Crippen LogP contribution in [-0.2, 0) is 11.3 Å². The monoisotopic (exact) mass is 370 g/mol. The van der Waals surface area contributed by atoms with E-state index in [1.165, 1.54) is 0 Å². The highest BCUT2D eigenvalue weighted by atomic mass is 16.5. The second-order valence-corrected chi connectivity index (χ2v) is 7.11. The number of urea groups is 1. The molecule has 1 saturated heterocycles. The first-order chi connectivity index (χ1) is 12.9. The Morgan fingerprint density at radius 1 is 1.30 bits per heavy atom. The number of aryl methyl sites for hydroxylation is 3. The molecule has 1 aliphatic rings. The van der Waals surface area contributed by atoms with Gasteiger partial charge in [-0.05, 0) is 51.3 Å². The maximum absolute atomic E-state index is 12.5. The molecule has 1 aliphatic heterocycles. The van der Waals surface area contributed by atoms with Gasteiger partial charge in [-0.25, -0.2) is 4.79 Å². The van der Waals surface area contributed by atoms with E-state index in [4.69, 9.17) is 4.52 Å². The number of likely N-dealkylation sites (tertiary alicyclic amines) is 1. The van der Waals surface area contributed by atoms with Crippen molar-refractivity contribution < 1.29 is 14.1 Å². The largest absolute Gasteiger partial charge is 0.361 e. The lowest BCUT2D eigenvalue weighted by atomic mass is 10.1. The zero-order valence-corrected chi connectivity index (χ0v) is 16.0. The first-order valence-corrected chi connectivity index (χ1v) is 9.26. The van der Waals surface area contributed by atoms with E-state index in [9.17, 15) is 9.59 Å². The summed E-state index contributed by atoms with van der Waals surface area (Å²) in [6, 6.07) is 7.39. The Morgan fingerprint density at radius 3 is 2.81 bits per heavy atom. The van der Waals surface area contributed by atoms with E-state index in [0.717, 1.165) is 34.7 Å². The summed E-state index contributed by atoms with van der Waals surface area (Å²) in [6.45, 7) is 6.82. The predicted octanol–water partition coefficient (Wildman–Crippen LogP) is 3.30. The maximum atomic E-state index is 12.5. The predicted molar refractivity (Wildman–Crippen MR) is 102 cm³/mol. The number of carbonyl (C=O) groups excluding carboxylic acids is 2. The van der Waals surface area contributed by atoms with Crippen LogP contribution >= 0.6 is 0 Å². The minimum absolute atomic E-state index is 0.0339. The number of carbonyl (C=O) groups is 2. The van der Waals surface area contributed by atoms with Gasteiger partial charge in [0, 0.05) is 30.3 Å². The van der Waals surface area contributed by atoms with Crippen LogP contribution in [0.3, 0.4) is 0 Å². The van der Waals surface area contributed by atoms with Crippen molar-refractivity contribution in [1.82, 2.24) is 15.4 Å². The van der Waals surface area contributed by atoms with Crippen molar-refractivity contribution in [2.45, 2.75) is 52.6 Å². The normalized spacial score (nSPS) is 17.5. The molecule has 0 radical (unpaired) electrons. The first-order valence-electron chi connectivity index (χ1n) is 9.26. The van der Waals surface area contributed by atoms with Gasteiger partial charge in [0.1, 0.15) is 5.76 Å². The van der Waals surface area contributed by atoms with E-state index in [1.807, 2.05) is 49.9 Å². The van der Waals surface area contributed by atoms with Gasteiger partial charge in [-0.2, -0.15) is 0 Å². The van der Waals surface area contributed by atoms with E-state index in [1.54, 1.807) is 0 Å². The zero-order valence-electron chi connectivity index (χ0n) is 16.0. The molecule has 0 bridgehead atoms. The maximum Gasteiger partial charge on any atom is 0.319 e. The summed E-state index contributed by atoms with van der Waals surface area (Å²) < 4.78 is 5.19. The quantitative estimate of drug-likeness (QED) is 0.864. The third-order valence-electron chi connectivity index (χ3n) is 4.95. The molecule has 2 heterocycles. The molecule has 0 spiro atoms. The lowest BCUT2D eigenvalue weighted by Gasteiger charge is -2.21. The molecule has 0 saturated carbocycles. The third kappa shape index (κ3) is 4.87. The molecular formula is C20H26N4O3. The molecule has 1 aromatic carbocycles. The van der Waals surface area contributed by atoms with Crippen LogP contribution in [-0.4, -0.2) is 34.6 Å². The van der Waals surface area contributed by atoms with Gasteiger partial charge >= 0.3 is 6.03 Å². The number of hydrogen-bond acceptors (Lipinski definition) is 4. The minimum atomic E-state index is -0.239. The SMILES string of the molecule is Cc1cccc(NC(=O)NC2CCC(=O)N(Cc3c(C)noc3C)CC2)c1. The summed E-state index contributed by atoms with van der Waals surface area (Å²) >= 11 is 0. The molecule has 1 unspecified atom stereocenters. The highest BCUT2D eigenvalue weighted by Crippen LogP contribution is 2.19. The van der Waals surface area contributed by atoms with Gasteiger partial charge in [0.25, 0.3) is 0 Å². The number of anilines is 1. The molecule has 1 aromatic heterocycles. The van der Waals surface area contributed by atoms with Gasteiger partial charge in [0.15, 0.2) is 0 Å². The second kappa shape index (κ2) is 8.24. The fourth-order valence-electron chi connectivity index (χ4n) is 3.34. The highest BCUT2D eigenvalue weighted by molar-refractivity contribution is 5.89. The third-order valence-corrected chi connectivity index (χ3v) is 4.95. The average molecular weight is 370 g/mol. The number of nitrogens with one attached hydrogen (secondary N) is 2. The topological polar surface area (TPSA) is 87.5 Å². The number of benzene rings is 1. The van der Waals surface area contributed by atoms with Crippen molar-refractivity contribution in [2.24, 2.45) is 0 Å². The molecule has 3 amide bonds. The van der Waals surface area contributed by atoms with Crippen LogP contribution in [0.15, 0.2) is 28.8 Å². The van der Waals surface area contributed by atoms with Crippen LogP contribution in [0.2, 0.25) is 0 Å². The van der Waals surface area contributed by atoms with Crippen LogP contribution in [0.25, 0.3) is 0 Å². The van der Waals surface area contributed by atoms with Gasteiger partial charge in [-0.3, -0.25) is 4.79 Å². The van der Waals surface area contributed by atoms with Crippen LogP contribution in [0.1, 0.15) is 41.8 Å². The van der Waals surface area contributed by atoms with E-state index in [2.05, 4.69) is 15.8 Å². The van der Waals surface area contributed by atoms with Crippen LogP contribution in [0, 0.1) is 20.8 Å². The van der Waals surface area contributed by atoms with Crippen molar-refractivity contribution in [2.75, 3.05) is 11.9 Å². The molecule has 1 atom stereocenters. The molecular weight excluding hydrogens is 344 g/mol. The van der Waals surface area contributed by atoms with E-state index >= 15 is 0 Å². The van der Waals surface area contributed by atoms with E-state index in [-0.39, 0.29) is 18.0 Å². The van der Waals surface area contributed by atoms with Gasteiger partial charge in [0.2, 0.25) is 5.91 Å².